The maximum Gasteiger partial charge on any atom is 0.355 e. The van der Waals surface area contributed by atoms with Gasteiger partial charge in [-0.2, -0.15) is 0 Å². The summed E-state index contributed by atoms with van der Waals surface area (Å²) in [6.45, 7) is 4.25. The quantitative estimate of drug-likeness (QED) is 0.626. The van der Waals surface area contributed by atoms with Crippen molar-refractivity contribution in [2.24, 2.45) is 0 Å². The number of carbonyl (C=O) groups excluding carboxylic acids is 3. The van der Waals surface area contributed by atoms with Gasteiger partial charge in [-0.3, -0.25) is 4.79 Å². The van der Waals surface area contributed by atoms with Crippen molar-refractivity contribution in [1.29, 1.82) is 0 Å². The minimum atomic E-state index is -0.673. The number of piperazine rings is 1. The SMILES string of the molecule is CCC(=O)N1CCN(c2ccc(Cl)cc2N2COCC(C(=O)OC)=C2C(=O)OC)CC1. The first-order valence-corrected chi connectivity index (χ1v) is 10.4. The number of ether oxygens (including phenoxy) is 3. The standard InChI is InChI=1S/C21H26ClN3O6/c1-4-18(26)24-9-7-23(8-10-24)16-6-5-14(22)11-17(16)25-13-31-12-15(20(27)29-2)19(25)21(28)30-3/h5-6,11H,4,7-10,12-13H2,1-3H3. The number of benzene rings is 1. The van der Waals surface area contributed by atoms with Crippen LogP contribution >= 0.6 is 11.6 Å². The molecule has 10 heteroatoms. The highest BCUT2D eigenvalue weighted by Gasteiger charge is 2.34. The van der Waals surface area contributed by atoms with E-state index < -0.39 is 11.9 Å². The molecular weight excluding hydrogens is 426 g/mol. The molecule has 31 heavy (non-hydrogen) atoms. The number of nitrogens with zero attached hydrogens (tertiary/aromatic N) is 3. The molecule has 0 aromatic heterocycles. The van der Waals surface area contributed by atoms with E-state index in [1.165, 1.54) is 14.2 Å². The predicted octanol–water partition coefficient (Wildman–Crippen LogP) is 1.79. The summed E-state index contributed by atoms with van der Waals surface area (Å²) in [5.74, 6) is -1.22. The largest absolute Gasteiger partial charge is 0.466 e. The average Bonchev–Trinajstić information content (AvgIpc) is 2.82. The summed E-state index contributed by atoms with van der Waals surface area (Å²) in [4.78, 5) is 42.5. The Hall–Kier alpha value is -2.78. The molecule has 9 nitrogen and oxygen atoms in total. The molecule has 0 atom stereocenters. The third-order valence-electron chi connectivity index (χ3n) is 5.34. The van der Waals surface area contributed by atoms with Gasteiger partial charge < -0.3 is 28.9 Å². The maximum atomic E-state index is 12.6. The van der Waals surface area contributed by atoms with Gasteiger partial charge in [-0.25, -0.2) is 9.59 Å². The summed E-state index contributed by atoms with van der Waals surface area (Å²) in [6.07, 6.45) is 0.473. The van der Waals surface area contributed by atoms with Gasteiger partial charge in [-0.1, -0.05) is 18.5 Å². The molecule has 2 heterocycles. The highest BCUT2D eigenvalue weighted by atomic mass is 35.5. The molecule has 1 aromatic carbocycles. The van der Waals surface area contributed by atoms with Crippen LogP contribution in [0.1, 0.15) is 13.3 Å². The van der Waals surface area contributed by atoms with Crippen molar-refractivity contribution in [1.82, 2.24) is 4.90 Å². The zero-order chi connectivity index (χ0) is 22.5. The zero-order valence-electron chi connectivity index (χ0n) is 17.9. The molecule has 0 radical (unpaired) electrons. The molecule has 0 aliphatic carbocycles. The van der Waals surface area contributed by atoms with E-state index in [1.807, 2.05) is 17.9 Å². The van der Waals surface area contributed by atoms with Gasteiger partial charge in [0.15, 0.2) is 0 Å². The van der Waals surface area contributed by atoms with Crippen LogP contribution in [-0.4, -0.2) is 76.5 Å². The molecule has 1 saturated heterocycles. The van der Waals surface area contributed by atoms with Gasteiger partial charge >= 0.3 is 11.9 Å². The van der Waals surface area contributed by atoms with Gasteiger partial charge in [-0.05, 0) is 18.2 Å². The second kappa shape index (κ2) is 10.0. The van der Waals surface area contributed by atoms with Crippen LogP contribution in [0.5, 0.6) is 0 Å². The Kier molecular flexibility index (Phi) is 7.40. The molecule has 3 rings (SSSR count). The normalized spacial score (nSPS) is 17.0. The molecular formula is C21H26ClN3O6. The maximum absolute atomic E-state index is 12.6. The molecule has 0 N–H and O–H groups in total. The lowest BCUT2D eigenvalue weighted by atomic mass is 10.1. The summed E-state index contributed by atoms with van der Waals surface area (Å²) < 4.78 is 15.4. The van der Waals surface area contributed by atoms with Gasteiger partial charge in [0.1, 0.15) is 12.4 Å². The number of hydrogen-bond donors (Lipinski definition) is 0. The molecule has 0 bridgehead atoms. The monoisotopic (exact) mass is 451 g/mol. The van der Waals surface area contributed by atoms with Crippen LogP contribution in [0, 0.1) is 0 Å². The van der Waals surface area contributed by atoms with Crippen LogP contribution < -0.4 is 9.80 Å². The summed E-state index contributed by atoms with van der Waals surface area (Å²) in [5, 5.41) is 0.466. The van der Waals surface area contributed by atoms with E-state index in [4.69, 9.17) is 25.8 Å². The number of rotatable bonds is 5. The predicted molar refractivity (Wildman–Crippen MR) is 115 cm³/mol. The summed E-state index contributed by atoms with van der Waals surface area (Å²) in [6, 6.07) is 5.33. The first-order chi connectivity index (χ1) is 14.9. The number of amides is 1. The average molecular weight is 452 g/mol. The van der Waals surface area contributed by atoms with Crippen LogP contribution in [-0.2, 0) is 28.6 Å². The van der Waals surface area contributed by atoms with Crippen molar-refractivity contribution in [3.8, 4) is 0 Å². The van der Waals surface area contributed by atoms with E-state index >= 15 is 0 Å². The van der Waals surface area contributed by atoms with Crippen molar-refractivity contribution < 1.29 is 28.6 Å². The fourth-order valence-corrected chi connectivity index (χ4v) is 3.90. The van der Waals surface area contributed by atoms with Crippen LogP contribution in [0.25, 0.3) is 0 Å². The molecule has 168 valence electrons. The van der Waals surface area contributed by atoms with Gasteiger partial charge in [0.2, 0.25) is 5.91 Å². The number of halogens is 1. The summed E-state index contributed by atoms with van der Waals surface area (Å²) in [7, 11) is 2.49. The van der Waals surface area contributed by atoms with Crippen molar-refractivity contribution in [2.75, 3.05) is 63.5 Å². The number of anilines is 2. The van der Waals surface area contributed by atoms with E-state index in [2.05, 4.69) is 4.90 Å². The third-order valence-corrected chi connectivity index (χ3v) is 5.57. The zero-order valence-corrected chi connectivity index (χ0v) is 18.6. The Bertz CT molecular complexity index is 895. The van der Waals surface area contributed by atoms with E-state index in [1.54, 1.807) is 17.0 Å². The first-order valence-electron chi connectivity index (χ1n) is 9.98. The minimum absolute atomic E-state index is 0.0343. The van der Waals surface area contributed by atoms with E-state index in [9.17, 15) is 14.4 Å². The second-order valence-corrected chi connectivity index (χ2v) is 7.51. The van der Waals surface area contributed by atoms with Crippen molar-refractivity contribution in [2.45, 2.75) is 13.3 Å². The fraction of sp³-hybridized carbons (Fsp3) is 0.476. The fourth-order valence-electron chi connectivity index (χ4n) is 3.73. The molecule has 0 saturated carbocycles. The molecule has 1 fully saturated rings. The lowest BCUT2D eigenvalue weighted by Crippen LogP contribution is -2.49. The Morgan fingerprint density at radius 1 is 1.03 bits per heavy atom. The van der Waals surface area contributed by atoms with E-state index in [0.29, 0.717) is 43.3 Å². The van der Waals surface area contributed by atoms with Gasteiger partial charge in [-0.15, -0.1) is 0 Å². The van der Waals surface area contributed by atoms with Crippen LogP contribution in [0.3, 0.4) is 0 Å². The van der Waals surface area contributed by atoms with E-state index in [-0.39, 0.29) is 30.5 Å². The van der Waals surface area contributed by atoms with Gasteiger partial charge in [0.05, 0.1) is 37.8 Å². The first kappa shape index (κ1) is 22.9. The Labute approximate surface area is 186 Å². The van der Waals surface area contributed by atoms with Crippen LogP contribution in [0.4, 0.5) is 11.4 Å². The molecule has 2 aliphatic rings. The second-order valence-electron chi connectivity index (χ2n) is 7.07. The van der Waals surface area contributed by atoms with Crippen molar-refractivity contribution >= 4 is 40.8 Å². The van der Waals surface area contributed by atoms with Gasteiger partial charge in [0.25, 0.3) is 0 Å². The Morgan fingerprint density at radius 2 is 1.71 bits per heavy atom. The number of esters is 2. The lowest BCUT2D eigenvalue weighted by Gasteiger charge is -2.39. The van der Waals surface area contributed by atoms with Crippen LogP contribution in [0.15, 0.2) is 29.5 Å². The number of hydrogen-bond acceptors (Lipinski definition) is 8. The molecule has 1 aromatic rings. The summed E-state index contributed by atoms with van der Waals surface area (Å²) >= 11 is 6.28. The number of carbonyl (C=O) groups is 3. The Balaban J connectivity index is 2.00. The smallest absolute Gasteiger partial charge is 0.355 e. The third kappa shape index (κ3) is 4.77. The molecule has 0 unspecified atom stereocenters. The lowest BCUT2D eigenvalue weighted by molar-refractivity contribution is -0.140. The number of methoxy groups -OCH3 is 2. The van der Waals surface area contributed by atoms with Crippen molar-refractivity contribution in [3.05, 3.63) is 34.5 Å². The van der Waals surface area contributed by atoms with Crippen molar-refractivity contribution in [3.63, 3.8) is 0 Å². The molecule has 2 aliphatic heterocycles. The highest BCUT2D eigenvalue weighted by Crippen LogP contribution is 2.37. The molecule has 0 spiro atoms. The summed E-state index contributed by atoms with van der Waals surface area (Å²) in [5.41, 5.74) is 1.54. The Morgan fingerprint density at radius 3 is 2.32 bits per heavy atom. The highest BCUT2D eigenvalue weighted by molar-refractivity contribution is 6.31. The van der Waals surface area contributed by atoms with E-state index in [0.717, 1.165) is 5.69 Å². The minimum Gasteiger partial charge on any atom is -0.466 e. The topological polar surface area (TPSA) is 88.6 Å². The molecule has 1 amide bonds. The van der Waals surface area contributed by atoms with Gasteiger partial charge in [0, 0.05) is 37.6 Å². The van der Waals surface area contributed by atoms with Crippen LogP contribution in [0.2, 0.25) is 5.02 Å².